The molecule has 2 aromatic heterocycles. The Hall–Kier alpha value is -3.34. The molecule has 0 N–H and O–H groups in total. The van der Waals surface area contributed by atoms with Gasteiger partial charge in [-0.3, -0.25) is 0 Å². The summed E-state index contributed by atoms with van der Waals surface area (Å²) in [5.74, 6) is 1.46. The zero-order valence-corrected chi connectivity index (χ0v) is 17.4. The van der Waals surface area contributed by atoms with Crippen molar-refractivity contribution in [1.29, 1.82) is 0 Å². The molecule has 3 heterocycles. The van der Waals surface area contributed by atoms with E-state index in [-0.39, 0.29) is 6.04 Å². The van der Waals surface area contributed by atoms with E-state index in [2.05, 4.69) is 46.1 Å². The number of hydrogen-bond donors (Lipinski definition) is 0. The monoisotopic (exact) mass is 411 g/mol. The summed E-state index contributed by atoms with van der Waals surface area (Å²) in [5, 5.41) is 2.28. The van der Waals surface area contributed by atoms with Gasteiger partial charge in [0, 0.05) is 5.39 Å². The summed E-state index contributed by atoms with van der Waals surface area (Å²) in [7, 11) is 0. The van der Waals surface area contributed by atoms with Crippen LogP contribution in [0.25, 0.3) is 17.1 Å². The first-order valence-electron chi connectivity index (χ1n) is 11.2. The maximum absolute atomic E-state index is 6.03. The van der Waals surface area contributed by atoms with Gasteiger partial charge in [-0.2, -0.15) is 4.74 Å². The van der Waals surface area contributed by atoms with Crippen molar-refractivity contribution in [3.63, 3.8) is 0 Å². The Morgan fingerprint density at radius 2 is 1.81 bits per heavy atom. The molecule has 0 amide bonds. The molecule has 1 aliphatic heterocycles. The number of ether oxygens (including phenoxy) is 1. The SMILES string of the molecule is C1=c2c(on2C(c2ccc(OCc3ccc4ccccc4n3)cc2)C2CCCCC2)=N1. The van der Waals surface area contributed by atoms with Gasteiger partial charge in [0.25, 0.3) is 5.55 Å². The minimum atomic E-state index is 0.238. The molecule has 0 spiro atoms. The molecule has 6 rings (SSSR count). The van der Waals surface area contributed by atoms with Crippen LogP contribution in [0.1, 0.15) is 49.4 Å². The fourth-order valence-corrected chi connectivity index (χ4v) is 4.86. The average molecular weight is 412 g/mol. The van der Waals surface area contributed by atoms with E-state index < -0.39 is 0 Å². The maximum atomic E-state index is 6.03. The van der Waals surface area contributed by atoms with Crippen molar-refractivity contribution in [1.82, 2.24) is 9.72 Å². The van der Waals surface area contributed by atoms with Crippen molar-refractivity contribution in [3.8, 4) is 5.75 Å². The van der Waals surface area contributed by atoms with E-state index >= 15 is 0 Å². The lowest BCUT2D eigenvalue weighted by Gasteiger charge is -2.33. The van der Waals surface area contributed by atoms with Crippen LogP contribution in [-0.2, 0) is 6.61 Å². The Morgan fingerprint density at radius 3 is 2.55 bits per heavy atom. The van der Waals surface area contributed by atoms with Crippen LogP contribution in [0.15, 0.2) is 70.2 Å². The van der Waals surface area contributed by atoms with Gasteiger partial charge in [-0.1, -0.05) is 55.7 Å². The smallest absolute Gasteiger partial charge is 0.274 e. The van der Waals surface area contributed by atoms with Crippen molar-refractivity contribution in [2.75, 3.05) is 0 Å². The second-order valence-electron chi connectivity index (χ2n) is 8.56. The molecular weight excluding hydrogens is 386 g/mol. The summed E-state index contributed by atoms with van der Waals surface area (Å²) in [4.78, 5) is 8.86. The molecule has 1 fully saturated rings. The quantitative estimate of drug-likeness (QED) is 0.460. The summed E-state index contributed by atoms with van der Waals surface area (Å²) >= 11 is 0. The van der Waals surface area contributed by atoms with Crippen LogP contribution in [0.5, 0.6) is 5.75 Å². The van der Waals surface area contributed by atoms with Gasteiger partial charge in [0.2, 0.25) is 0 Å². The summed E-state index contributed by atoms with van der Waals surface area (Å²) in [6.45, 7) is 0.457. The van der Waals surface area contributed by atoms with Crippen LogP contribution in [0.2, 0.25) is 0 Å². The van der Waals surface area contributed by atoms with E-state index in [1.807, 2.05) is 30.5 Å². The van der Waals surface area contributed by atoms with Crippen LogP contribution in [0.4, 0.5) is 0 Å². The Morgan fingerprint density at radius 1 is 0.968 bits per heavy atom. The topological polar surface area (TPSA) is 52.5 Å². The van der Waals surface area contributed by atoms with Crippen molar-refractivity contribution < 1.29 is 9.26 Å². The summed E-state index contributed by atoms with van der Waals surface area (Å²) < 4.78 is 14.0. The lowest BCUT2D eigenvalue weighted by molar-refractivity contribution is 0.0938. The Labute approximate surface area is 180 Å². The molecule has 1 atom stereocenters. The molecule has 2 aliphatic rings. The number of hydrogen-bond acceptors (Lipinski definition) is 4. The molecule has 156 valence electrons. The standard InChI is InChI=1S/C26H25N3O2/c1-2-7-19(8-3-1)25(29-24-16-27-26(24)31-29)20-11-14-22(15-12-20)30-17-21-13-10-18-6-4-5-9-23(18)28-21/h4-6,9-16,19,25H,1-3,7-8,17H2. The van der Waals surface area contributed by atoms with E-state index in [4.69, 9.17) is 14.2 Å². The van der Waals surface area contributed by atoms with Gasteiger partial charge in [-0.15, -0.1) is 0 Å². The second kappa shape index (κ2) is 7.73. The fraction of sp³-hybridized carbons (Fsp3) is 0.308. The predicted molar refractivity (Wildman–Crippen MR) is 119 cm³/mol. The van der Waals surface area contributed by atoms with Gasteiger partial charge in [0.1, 0.15) is 12.4 Å². The number of para-hydroxylation sites is 1. The Kier molecular flexibility index (Phi) is 4.59. The number of rotatable bonds is 6. The first-order valence-corrected chi connectivity index (χ1v) is 11.2. The molecule has 0 bridgehead atoms. The van der Waals surface area contributed by atoms with Gasteiger partial charge in [-0.25, -0.2) is 9.98 Å². The lowest BCUT2D eigenvalue weighted by Crippen LogP contribution is -2.50. The third-order valence-electron chi connectivity index (χ3n) is 6.56. The van der Waals surface area contributed by atoms with Crippen LogP contribution >= 0.6 is 0 Å². The van der Waals surface area contributed by atoms with E-state index in [9.17, 15) is 0 Å². The van der Waals surface area contributed by atoms with Crippen LogP contribution in [0, 0.1) is 5.92 Å². The minimum Gasteiger partial charge on any atom is -0.487 e. The Bertz CT molecular complexity index is 1330. The number of nitrogens with zero attached hydrogens (tertiary/aromatic N) is 3. The average Bonchev–Trinajstić information content (AvgIpc) is 2.82. The minimum absolute atomic E-state index is 0.238. The van der Waals surface area contributed by atoms with E-state index in [0.29, 0.717) is 12.5 Å². The molecule has 0 saturated heterocycles. The summed E-state index contributed by atoms with van der Waals surface area (Å²) in [5.41, 5.74) is 3.98. The number of aromatic nitrogens is 2. The molecule has 4 aromatic rings. The molecule has 5 heteroatoms. The van der Waals surface area contributed by atoms with Crippen molar-refractivity contribution in [3.05, 3.63) is 82.8 Å². The molecular formula is C26H25N3O2. The van der Waals surface area contributed by atoms with Gasteiger partial charge >= 0.3 is 0 Å². The highest BCUT2D eigenvalue weighted by molar-refractivity contribution is 5.78. The first kappa shape index (κ1) is 18.4. The lowest BCUT2D eigenvalue weighted by atomic mass is 9.81. The first-order chi connectivity index (χ1) is 15.3. The molecule has 1 aliphatic carbocycles. The summed E-state index contributed by atoms with van der Waals surface area (Å²) in [6, 6.07) is 21.0. The van der Waals surface area contributed by atoms with Gasteiger partial charge in [0.05, 0.1) is 23.5 Å². The van der Waals surface area contributed by atoms with Gasteiger partial charge < -0.3 is 9.26 Å². The van der Waals surface area contributed by atoms with Crippen LogP contribution < -0.4 is 15.6 Å². The highest BCUT2D eigenvalue weighted by Gasteiger charge is 2.31. The van der Waals surface area contributed by atoms with Crippen molar-refractivity contribution in [2.24, 2.45) is 10.9 Å². The normalized spacial score (nSPS) is 16.8. The zero-order chi connectivity index (χ0) is 20.6. The molecule has 1 saturated carbocycles. The summed E-state index contributed by atoms with van der Waals surface area (Å²) in [6.07, 6.45) is 8.34. The van der Waals surface area contributed by atoms with Crippen LogP contribution in [0.3, 0.4) is 0 Å². The molecule has 31 heavy (non-hydrogen) atoms. The third-order valence-corrected chi connectivity index (χ3v) is 6.56. The largest absolute Gasteiger partial charge is 0.487 e. The van der Waals surface area contributed by atoms with Crippen LogP contribution in [-0.4, -0.2) is 9.72 Å². The third kappa shape index (κ3) is 3.44. The highest BCUT2D eigenvalue weighted by Crippen LogP contribution is 2.37. The predicted octanol–water partition coefficient (Wildman–Crippen LogP) is 4.75. The molecule has 5 nitrogen and oxygen atoms in total. The van der Waals surface area contributed by atoms with Gasteiger partial charge in [-0.05, 0) is 48.6 Å². The fourth-order valence-electron chi connectivity index (χ4n) is 4.86. The Balaban J connectivity index is 1.20. The zero-order valence-electron chi connectivity index (χ0n) is 17.4. The molecule has 0 radical (unpaired) electrons. The van der Waals surface area contributed by atoms with Gasteiger partial charge in [0.15, 0.2) is 5.35 Å². The highest BCUT2D eigenvalue weighted by atomic mass is 16.5. The van der Waals surface area contributed by atoms with E-state index in [0.717, 1.165) is 33.2 Å². The number of fused-ring (bicyclic) bond motifs is 2. The molecule has 1 unspecified atom stereocenters. The number of benzene rings is 2. The number of pyridine rings is 1. The van der Waals surface area contributed by atoms with E-state index in [1.54, 1.807) is 0 Å². The maximum Gasteiger partial charge on any atom is 0.274 e. The molecule has 2 aromatic carbocycles. The van der Waals surface area contributed by atoms with Crippen molar-refractivity contribution in [2.45, 2.75) is 44.8 Å². The second-order valence-corrected chi connectivity index (χ2v) is 8.56. The van der Waals surface area contributed by atoms with Crippen molar-refractivity contribution >= 4 is 17.1 Å². The van der Waals surface area contributed by atoms with E-state index in [1.165, 1.54) is 37.7 Å².